The molecule has 2 aromatic heterocycles. The molecule has 2 heterocycles. The number of aromatic nitrogens is 4. The van der Waals surface area contributed by atoms with Gasteiger partial charge in [-0.1, -0.05) is 0 Å². The van der Waals surface area contributed by atoms with Crippen LogP contribution in [-0.2, 0) is 11.3 Å². The van der Waals surface area contributed by atoms with Crippen LogP contribution in [0.4, 0.5) is 0 Å². The molecule has 0 bridgehead atoms. The van der Waals surface area contributed by atoms with Crippen LogP contribution < -0.4 is 21.9 Å². The minimum absolute atomic E-state index is 0.0704. The number of hydrogen-bond donors (Lipinski definition) is 2. The number of amides is 2. The van der Waals surface area contributed by atoms with E-state index in [-0.39, 0.29) is 52.7 Å². The molecule has 0 atom stereocenters. The minimum atomic E-state index is -0.565. The molecule has 1 aromatic carbocycles. The number of nitrogens with zero attached hydrogens (tertiary/aromatic N) is 4. The SMILES string of the molecule is CC(C)NC(=O)c1ccc2c(=O)n(C(C)C)c3nn(CC(=O)NC(C)(C)C)c(=O)n3c2c1. The van der Waals surface area contributed by atoms with Crippen LogP contribution in [0.2, 0.25) is 0 Å². The van der Waals surface area contributed by atoms with E-state index in [1.165, 1.54) is 15.0 Å². The fourth-order valence-corrected chi connectivity index (χ4v) is 3.53. The maximum absolute atomic E-state index is 13.3. The molecule has 0 unspecified atom stereocenters. The standard InChI is InChI=1S/C22H30N6O4/c1-12(2)23-18(30)14-8-9-15-16(10-14)28-20(27(13(3)4)19(15)31)25-26(21(28)32)11-17(29)24-22(5,6)7/h8-10,12-13H,11H2,1-7H3,(H,23,30)(H,24,29). The Morgan fingerprint density at radius 3 is 2.31 bits per heavy atom. The van der Waals surface area contributed by atoms with Crippen molar-refractivity contribution >= 4 is 28.5 Å². The van der Waals surface area contributed by atoms with Gasteiger partial charge in [-0.05, 0) is 66.7 Å². The highest BCUT2D eigenvalue weighted by molar-refractivity contribution is 5.98. The Morgan fingerprint density at radius 1 is 1.09 bits per heavy atom. The molecule has 0 spiro atoms. The molecule has 0 aliphatic rings. The van der Waals surface area contributed by atoms with Gasteiger partial charge >= 0.3 is 5.69 Å². The minimum Gasteiger partial charge on any atom is -0.350 e. The summed E-state index contributed by atoms with van der Waals surface area (Å²) in [7, 11) is 0. The van der Waals surface area contributed by atoms with E-state index in [1.807, 2.05) is 48.5 Å². The molecule has 2 amide bonds. The smallest absolute Gasteiger partial charge is 0.350 e. The molecule has 3 aromatic rings. The van der Waals surface area contributed by atoms with Crippen LogP contribution in [-0.4, -0.2) is 42.1 Å². The third-order valence-corrected chi connectivity index (χ3v) is 4.73. The van der Waals surface area contributed by atoms with E-state index in [0.717, 1.165) is 4.68 Å². The van der Waals surface area contributed by atoms with E-state index >= 15 is 0 Å². The average molecular weight is 443 g/mol. The van der Waals surface area contributed by atoms with Crippen molar-refractivity contribution in [3.63, 3.8) is 0 Å². The zero-order valence-electron chi connectivity index (χ0n) is 19.5. The van der Waals surface area contributed by atoms with E-state index in [4.69, 9.17) is 0 Å². The number of carbonyl (C=O) groups is 2. The zero-order chi connectivity index (χ0) is 24.0. The van der Waals surface area contributed by atoms with Gasteiger partial charge in [0, 0.05) is 23.2 Å². The highest BCUT2D eigenvalue weighted by atomic mass is 16.2. The van der Waals surface area contributed by atoms with Gasteiger partial charge in [-0.2, -0.15) is 0 Å². The third-order valence-electron chi connectivity index (χ3n) is 4.73. The van der Waals surface area contributed by atoms with Crippen molar-refractivity contribution in [3.8, 4) is 0 Å². The lowest BCUT2D eigenvalue weighted by Crippen LogP contribution is -2.43. The van der Waals surface area contributed by atoms with Crippen molar-refractivity contribution < 1.29 is 9.59 Å². The Labute approximate surface area is 185 Å². The second-order valence-electron chi connectivity index (χ2n) is 9.50. The lowest BCUT2D eigenvalue weighted by Gasteiger charge is -2.20. The Hall–Kier alpha value is -3.43. The molecule has 2 N–H and O–H groups in total. The van der Waals surface area contributed by atoms with Gasteiger partial charge in [-0.3, -0.25) is 19.0 Å². The summed E-state index contributed by atoms with van der Waals surface area (Å²) in [6, 6.07) is 4.26. The molecular formula is C22H30N6O4. The quantitative estimate of drug-likeness (QED) is 0.620. The van der Waals surface area contributed by atoms with Crippen molar-refractivity contribution in [1.29, 1.82) is 0 Å². The van der Waals surface area contributed by atoms with Crippen LogP contribution in [0.5, 0.6) is 0 Å². The summed E-state index contributed by atoms with van der Waals surface area (Å²) < 4.78 is 3.73. The second-order valence-corrected chi connectivity index (χ2v) is 9.50. The Bertz CT molecular complexity index is 1320. The first-order valence-corrected chi connectivity index (χ1v) is 10.6. The van der Waals surface area contributed by atoms with E-state index in [9.17, 15) is 19.2 Å². The van der Waals surface area contributed by atoms with Gasteiger partial charge in [-0.15, -0.1) is 5.10 Å². The van der Waals surface area contributed by atoms with Gasteiger partial charge in [0.1, 0.15) is 6.54 Å². The largest absolute Gasteiger partial charge is 0.352 e. The number of nitrogens with one attached hydrogen (secondary N) is 2. The van der Waals surface area contributed by atoms with Crippen LogP contribution in [0.15, 0.2) is 27.8 Å². The molecule has 0 aliphatic carbocycles. The first-order valence-electron chi connectivity index (χ1n) is 10.6. The summed E-state index contributed by atoms with van der Waals surface area (Å²) in [5.41, 5.74) is -0.768. The molecule has 10 heteroatoms. The fourth-order valence-electron chi connectivity index (χ4n) is 3.53. The fraction of sp³-hybridized carbons (Fsp3) is 0.500. The number of rotatable bonds is 5. The van der Waals surface area contributed by atoms with E-state index < -0.39 is 11.2 Å². The molecule has 0 saturated carbocycles. The third kappa shape index (κ3) is 4.44. The molecule has 10 nitrogen and oxygen atoms in total. The number of benzene rings is 1. The maximum atomic E-state index is 13.3. The summed E-state index contributed by atoms with van der Waals surface area (Å²) in [5.74, 6) is -0.566. The van der Waals surface area contributed by atoms with Gasteiger partial charge < -0.3 is 10.6 Å². The summed E-state index contributed by atoms with van der Waals surface area (Å²) in [4.78, 5) is 51.4. The van der Waals surface area contributed by atoms with Gasteiger partial charge in [0.05, 0.1) is 10.9 Å². The maximum Gasteiger partial charge on any atom is 0.352 e. The molecule has 32 heavy (non-hydrogen) atoms. The van der Waals surface area contributed by atoms with E-state index in [0.29, 0.717) is 5.56 Å². The van der Waals surface area contributed by atoms with Crippen LogP contribution in [0.3, 0.4) is 0 Å². The van der Waals surface area contributed by atoms with Gasteiger partial charge in [0.2, 0.25) is 11.7 Å². The van der Waals surface area contributed by atoms with E-state index in [2.05, 4.69) is 15.7 Å². The van der Waals surface area contributed by atoms with Crippen LogP contribution in [0, 0.1) is 0 Å². The zero-order valence-corrected chi connectivity index (χ0v) is 19.5. The Balaban J connectivity index is 2.28. The van der Waals surface area contributed by atoms with Crippen molar-refractivity contribution in [2.45, 2.75) is 72.6 Å². The average Bonchev–Trinajstić information content (AvgIpc) is 2.95. The first-order chi connectivity index (χ1) is 14.8. The Kier molecular flexibility index (Phi) is 5.99. The normalized spacial score (nSPS) is 12.2. The summed E-state index contributed by atoms with van der Waals surface area (Å²) in [5, 5.41) is 10.2. The predicted molar refractivity (Wildman–Crippen MR) is 122 cm³/mol. The molecule has 3 rings (SSSR count). The monoisotopic (exact) mass is 442 g/mol. The highest BCUT2D eigenvalue weighted by Crippen LogP contribution is 2.16. The topological polar surface area (TPSA) is 120 Å². The number of hydrogen-bond acceptors (Lipinski definition) is 5. The lowest BCUT2D eigenvalue weighted by molar-refractivity contribution is -0.123. The van der Waals surface area contributed by atoms with Gasteiger partial charge in [-0.25, -0.2) is 13.9 Å². The molecule has 172 valence electrons. The summed E-state index contributed by atoms with van der Waals surface area (Å²) in [6.45, 7) is 12.5. The summed E-state index contributed by atoms with van der Waals surface area (Å²) in [6.07, 6.45) is 0. The lowest BCUT2D eigenvalue weighted by atomic mass is 10.1. The van der Waals surface area contributed by atoms with Crippen molar-refractivity contribution in [1.82, 2.24) is 29.4 Å². The van der Waals surface area contributed by atoms with E-state index in [1.54, 1.807) is 12.1 Å². The molecule has 0 radical (unpaired) electrons. The molecule has 0 fully saturated rings. The van der Waals surface area contributed by atoms with Crippen molar-refractivity contribution in [2.24, 2.45) is 0 Å². The van der Waals surface area contributed by atoms with Crippen molar-refractivity contribution in [3.05, 3.63) is 44.6 Å². The predicted octanol–water partition coefficient (Wildman–Crippen LogP) is 1.44. The van der Waals surface area contributed by atoms with Crippen LogP contribution in [0.25, 0.3) is 16.7 Å². The number of carbonyl (C=O) groups excluding carboxylic acids is 2. The Morgan fingerprint density at radius 2 is 1.75 bits per heavy atom. The molecule has 0 aliphatic heterocycles. The number of fused-ring (bicyclic) bond motifs is 3. The van der Waals surface area contributed by atoms with Crippen LogP contribution in [0.1, 0.15) is 64.9 Å². The van der Waals surface area contributed by atoms with Crippen LogP contribution >= 0.6 is 0 Å². The van der Waals surface area contributed by atoms with Crippen molar-refractivity contribution in [2.75, 3.05) is 0 Å². The summed E-state index contributed by atoms with van der Waals surface area (Å²) >= 11 is 0. The second kappa shape index (κ2) is 8.25. The molecular weight excluding hydrogens is 412 g/mol. The van der Waals surface area contributed by atoms with Gasteiger partial charge in [0.15, 0.2) is 0 Å². The first kappa shape index (κ1) is 23.2. The highest BCUT2D eigenvalue weighted by Gasteiger charge is 2.22. The van der Waals surface area contributed by atoms with Gasteiger partial charge in [0.25, 0.3) is 11.5 Å². The molecule has 0 saturated heterocycles.